The molecule has 3 N–H and O–H groups in total. The average Bonchev–Trinajstić information content (AvgIpc) is 3.70. The number of aliphatic hydroxyl groups is 1. The number of aliphatic hydroxyl groups excluding tert-OH is 1. The van der Waals surface area contributed by atoms with Crippen LogP contribution in [-0.2, 0) is 45.4 Å². The van der Waals surface area contributed by atoms with Gasteiger partial charge in [0.25, 0.3) is 11.9 Å². The molecule has 0 aliphatic heterocycles. The molecule has 2 amide bonds. The number of ether oxygens (including phenoxy) is 1. The van der Waals surface area contributed by atoms with Gasteiger partial charge in [0, 0.05) is 37.9 Å². The van der Waals surface area contributed by atoms with E-state index >= 15 is 0 Å². The first-order valence-corrected chi connectivity index (χ1v) is 16.8. The summed E-state index contributed by atoms with van der Waals surface area (Å²) in [7, 11) is 0. The molecule has 0 saturated heterocycles. The van der Waals surface area contributed by atoms with Crippen LogP contribution in [-0.4, -0.2) is 117 Å². The van der Waals surface area contributed by atoms with Crippen LogP contribution in [0.15, 0.2) is 65.8 Å². The lowest BCUT2D eigenvalue weighted by atomic mass is 10.3. The van der Waals surface area contributed by atoms with E-state index in [2.05, 4.69) is 9.97 Å². The van der Waals surface area contributed by atoms with E-state index in [-0.39, 0.29) is 57.5 Å². The molecule has 0 bridgehead atoms. The van der Waals surface area contributed by atoms with Gasteiger partial charge in [-0.25, -0.2) is 9.97 Å². The third kappa shape index (κ3) is 13.8. The molecule has 276 valence electrons. The zero-order chi connectivity index (χ0) is 37.3. The SMILES string of the molecule is CC/C=C(\O)CN(CC(=O)O)C(=O)Cn1ccnc1CN(CCCOc1ccc(S[N+](=O)[O-])cc1)Cc1nccn1CC(=O)N(CC)CC(=O)O. The number of carbonyl (C=O) groups excluding carboxylic acids is 2. The Morgan fingerprint density at radius 2 is 1.43 bits per heavy atom. The number of carboxylic acid groups (broad SMARTS) is 2. The van der Waals surface area contributed by atoms with E-state index in [9.17, 15) is 44.6 Å². The third-order valence-electron chi connectivity index (χ3n) is 7.37. The number of benzene rings is 1. The van der Waals surface area contributed by atoms with Crippen molar-refractivity contribution in [3.63, 3.8) is 0 Å². The van der Waals surface area contributed by atoms with Gasteiger partial charge in [-0.3, -0.25) is 34.2 Å². The second-order valence-corrected chi connectivity index (χ2v) is 12.1. The molecule has 0 fully saturated rings. The largest absolute Gasteiger partial charge is 0.511 e. The number of nitrogens with zero attached hydrogens (tertiary/aromatic N) is 8. The molecule has 0 unspecified atom stereocenters. The van der Waals surface area contributed by atoms with Crippen LogP contribution in [0.2, 0.25) is 0 Å². The summed E-state index contributed by atoms with van der Waals surface area (Å²) in [5.41, 5.74) is 0. The van der Waals surface area contributed by atoms with Crippen molar-refractivity contribution in [2.24, 2.45) is 0 Å². The molecule has 1 aromatic carbocycles. The normalized spacial score (nSPS) is 11.4. The van der Waals surface area contributed by atoms with Crippen LogP contribution in [0, 0.1) is 10.1 Å². The van der Waals surface area contributed by atoms with Crippen molar-refractivity contribution in [1.82, 2.24) is 33.8 Å². The summed E-state index contributed by atoms with van der Waals surface area (Å²) in [5.74, 6) is -1.84. The molecule has 0 radical (unpaired) electrons. The Balaban J connectivity index is 1.77. The summed E-state index contributed by atoms with van der Waals surface area (Å²) in [6, 6.07) is 6.46. The highest BCUT2D eigenvalue weighted by molar-refractivity contribution is 7.93. The number of aromatic nitrogens is 4. The fourth-order valence-electron chi connectivity index (χ4n) is 4.97. The number of aliphatic carboxylic acids is 2. The van der Waals surface area contributed by atoms with E-state index in [0.717, 1.165) is 4.90 Å². The minimum atomic E-state index is -1.22. The lowest BCUT2D eigenvalue weighted by Crippen LogP contribution is -2.39. The van der Waals surface area contributed by atoms with Crippen molar-refractivity contribution < 1.29 is 43.6 Å². The number of imidazole rings is 2. The molecule has 18 nitrogen and oxygen atoms in total. The summed E-state index contributed by atoms with van der Waals surface area (Å²) in [6.45, 7) is 3.26. The van der Waals surface area contributed by atoms with Gasteiger partial charge in [0.15, 0.2) is 0 Å². The first-order chi connectivity index (χ1) is 24.4. The van der Waals surface area contributed by atoms with Crippen LogP contribution in [0.1, 0.15) is 38.3 Å². The highest BCUT2D eigenvalue weighted by Gasteiger charge is 2.22. The number of allylic oxidation sites excluding steroid dienone is 1. The zero-order valence-electron chi connectivity index (χ0n) is 28.4. The molecule has 0 spiro atoms. The fourth-order valence-corrected chi connectivity index (χ4v) is 5.40. The van der Waals surface area contributed by atoms with Gasteiger partial charge in [0.05, 0.1) is 31.1 Å². The van der Waals surface area contributed by atoms with Gasteiger partial charge < -0.3 is 39.0 Å². The van der Waals surface area contributed by atoms with Gasteiger partial charge in [0.2, 0.25) is 11.8 Å². The van der Waals surface area contributed by atoms with Crippen LogP contribution < -0.4 is 4.74 Å². The van der Waals surface area contributed by atoms with E-state index in [4.69, 9.17) is 4.74 Å². The standard InChI is InChI=1S/C32H42N8O10S/c1-3-6-24(41)17-39(23-32(46)47)30(43)21-38-15-12-34-28(38)19-35(13-5-16-50-25-7-9-26(10-8-25)51-40(48)49)18-27-33-11-14-37(27)20-29(42)36(4-2)22-31(44)45/h6-12,14-15,41H,3-5,13,16-23H2,1-2H3,(H,44,45)(H,46,47)/b24-6-. The second-order valence-electron chi connectivity index (χ2n) is 11.2. The Bertz CT molecular complexity index is 1660. The van der Waals surface area contributed by atoms with Crippen molar-refractivity contribution >= 4 is 35.7 Å². The van der Waals surface area contributed by atoms with Gasteiger partial charge in [0.1, 0.15) is 53.7 Å². The van der Waals surface area contributed by atoms with Crippen molar-refractivity contribution in [3.05, 3.63) is 82.7 Å². The van der Waals surface area contributed by atoms with Crippen LogP contribution >= 0.6 is 11.9 Å². The summed E-state index contributed by atoms with van der Waals surface area (Å²) in [4.78, 5) is 73.2. The van der Waals surface area contributed by atoms with Crippen molar-refractivity contribution in [3.8, 4) is 5.75 Å². The number of nitro groups is 1. The molecular weight excluding hydrogens is 688 g/mol. The number of hydrogen-bond donors (Lipinski definition) is 3. The fraction of sp³-hybridized carbons (Fsp3) is 0.438. The third-order valence-corrected chi connectivity index (χ3v) is 8.00. The van der Waals surface area contributed by atoms with Crippen LogP contribution in [0.4, 0.5) is 0 Å². The Hall–Kier alpha value is -5.43. The van der Waals surface area contributed by atoms with Gasteiger partial charge in [-0.15, -0.1) is 0 Å². The predicted octanol–water partition coefficient (Wildman–Crippen LogP) is 2.53. The first-order valence-electron chi connectivity index (χ1n) is 16.0. The molecule has 0 saturated carbocycles. The molecule has 19 heteroatoms. The van der Waals surface area contributed by atoms with Crippen molar-refractivity contribution in [2.75, 3.05) is 39.3 Å². The second kappa shape index (κ2) is 20.3. The monoisotopic (exact) mass is 730 g/mol. The van der Waals surface area contributed by atoms with E-state index in [1.165, 1.54) is 23.4 Å². The number of likely N-dealkylation sites (N-methyl/N-ethyl adjacent to an activating group) is 1. The Morgan fingerprint density at radius 3 is 1.94 bits per heavy atom. The minimum absolute atomic E-state index is 0.114. The predicted molar refractivity (Wildman–Crippen MR) is 183 cm³/mol. The molecule has 3 rings (SSSR count). The Labute approximate surface area is 298 Å². The lowest BCUT2D eigenvalue weighted by Gasteiger charge is -2.24. The highest BCUT2D eigenvalue weighted by atomic mass is 32.2. The maximum atomic E-state index is 13.2. The topological polar surface area (TPSA) is 227 Å². The molecule has 51 heavy (non-hydrogen) atoms. The van der Waals surface area contributed by atoms with Gasteiger partial charge >= 0.3 is 11.9 Å². The van der Waals surface area contributed by atoms with Crippen LogP contribution in [0.25, 0.3) is 0 Å². The average molecular weight is 731 g/mol. The minimum Gasteiger partial charge on any atom is -0.511 e. The lowest BCUT2D eigenvalue weighted by molar-refractivity contribution is -0.284. The Morgan fingerprint density at radius 1 is 0.882 bits per heavy atom. The van der Waals surface area contributed by atoms with Crippen molar-refractivity contribution in [2.45, 2.75) is 57.8 Å². The van der Waals surface area contributed by atoms with E-state index in [0.29, 0.717) is 53.6 Å². The molecule has 2 aromatic heterocycles. The van der Waals surface area contributed by atoms with Crippen LogP contribution in [0.5, 0.6) is 5.75 Å². The quantitative estimate of drug-likeness (QED) is 0.0419. The van der Waals surface area contributed by atoms with Crippen molar-refractivity contribution in [1.29, 1.82) is 0 Å². The first kappa shape index (κ1) is 40.0. The number of rotatable bonds is 23. The number of hydrogen-bond acceptors (Lipinski definition) is 12. The zero-order valence-corrected chi connectivity index (χ0v) is 29.2. The molecule has 3 aromatic rings. The molecule has 0 aliphatic rings. The number of carbonyl (C=O) groups is 4. The molecule has 0 atom stereocenters. The summed E-state index contributed by atoms with van der Waals surface area (Å²) >= 11 is 0.496. The Kier molecular flexibility index (Phi) is 15.9. The van der Waals surface area contributed by atoms with Crippen LogP contribution in [0.3, 0.4) is 0 Å². The van der Waals surface area contributed by atoms with E-state index < -0.39 is 35.3 Å². The van der Waals surface area contributed by atoms with Gasteiger partial charge in [-0.1, -0.05) is 6.92 Å². The maximum Gasteiger partial charge on any atom is 0.323 e. The maximum absolute atomic E-state index is 13.2. The molecule has 2 heterocycles. The smallest absolute Gasteiger partial charge is 0.323 e. The summed E-state index contributed by atoms with van der Waals surface area (Å²) in [6.07, 6.45) is 8.80. The summed E-state index contributed by atoms with van der Waals surface area (Å²) in [5, 5.41) is 39.4. The summed E-state index contributed by atoms with van der Waals surface area (Å²) < 4.78 is 8.58. The van der Waals surface area contributed by atoms with Gasteiger partial charge in [-0.2, -0.15) is 0 Å². The highest BCUT2D eigenvalue weighted by Crippen LogP contribution is 2.21. The number of amides is 2. The number of carboxylic acids is 2. The molecule has 0 aliphatic carbocycles. The van der Waals surface area contributed by atoms with E-state index in [1.54, 1.807) is 59.6 Å². The molecular formula is C32H42N8O10S. The van der Waals surface area contributed by atoms with Gasteiger partial charge in [-0.05, 0) is 50.1 Å². The van der Waals surface area contributed by atoms with E-state index in [1.807, 2.05) is 4.90 Å².